The first-order valence-electron chi connectivity index (χ1n) is 5.91. The molecule has 7 heteroatoms. The second-order valence-electron chi connectivity index (χ2n) is 4.52. The van der Waals surface area contributed by atoms with Crippen LogP contribution in [-0.4, -0.2) is 27.8 Å². The molecule has 5 nitrogen and oxygen atoms in total. The van der Waals surface area contributed by atoms with Gasteiger partial charge in [-0.2, -0.15) is 9.78 Å². The van der Waals surface area contributed by atoms with Gasteiger partial charge in [0.15, 0.2) is 17.3 Å². The SMILES string of the molecule is CC(=O)n1nc(C(=O)OC(C)C)c2cc(F)c(F)cc21. The van der Waals surface area contributed by atoms with E-state index in [0.717, 1.165) is 16.8 Å². The molecule has 0 saturated heterocycles. The van der Waals surface area contributed by atoms with Crippen LogP contribution in [0.15, 0.2) is 12.1 Å². The first-order chi connectivity index (χ1) is 9.31. The lowest BCUT2D eigenvalue weighted by Crippen LogP contribution is -2.14. The molecule has 0 aliphatic carbocycles. The molecule has 0 N–H and O–H groups in total. The molecular formula is C13H12F2N2O3. The molecule has 0 spiro atoms. The fourth-order valence-electron chi connectivity index (χ4n) is 1.77. The summed E-state index contributed by atoms with van der Waals surface area (Å²) in [6.45, 7) is 4.48. The Morgan fingerprint density at radius 1 is 1.25 bits per heavy atom. The van der Waals surface area contributed by atoms with E-state index in [1.807, 2.05) is 0 Å². The Morgan fingerprint density at radius 2 is 1.85 bits per heavy atom. The summed E-state index contributed by atoms with van der Waals surface area (Å²) >= 11 is 0. The second kappa shape index (κ2) is 4.99. The number of fused-ring (bicyclic) bond motifs is 1. The smallest absolute Gasteiger partial charge is 0.359 e. The number of esters is 1. The molecule has 106 valence electrons. The molecule has 0 amide bonds. The van der Waals surface area contributed by atoms with Gasteiger partial charge in [-0.25, -0.2) is 13.6 Å². The average molecular weight is 282 g/mol. The highest BCUT2D eigenvalue weighted by Crippen LogP contribution is 2.23. The summed E-state index contributed by atoms with van der Waals surface area (Å²) < 4.78 is 32.4. The minimum absolute atomic E-state index is 0.0205. The maximum atomic E-state index is 13.3. The molecule has 0 radical (unpaired) electrons. The quantitative estimate of drug-likeness (QED) is 0.794. The van der Waals surface area contributed by atoms with Gasteiger partial charge in [-0.15, -0.1) is 0 Å². The largest absolute Gasteiger partial charge is 0.458 e. The summed E-state index contributed by atoms with van der Waals surface area (Å²) in [5.74, 6) is -3.57. The fraction of sp³-hybridized carbons (Fsp3) is 0.308. The topological polar surface area (TPSA) is 61.2 Å². The minimum atomic E-state index is -1.13. The van der Waals surface area contributed by atoms with Crippen molar-refractivity contribution in [1.82, 2.24) is 9.78 Å². The maximum absolute atomic E-state index is 13.3. The zero-order valence-corrected chi connectivity index (χ0v) is 11.1. The number of carbonyl (C=O) groups excluding carboxylic acids is 2. The van der Waals surface area contributed by atoms with Crippen LogP contribution in [0.1, 0.15) is 36.1 Å². The molecule has 20 heavy (non-hydrogen) atoms. The standard InChI is InChI=1S/C13H12F2N2O3/c1-6(2)20-13(19)12-8-4-9(14)10(15)5-11(8)17(16-12)7(3)18/h4-6H,1-3H3. The van der Waals surface area contributed by atoms with E-state index >= 15 is 0 Å². The predicted molar refractivity (Wildman–Crippen MR) is 66.5 cm³/mol. The van der Waals surface area contributed by atoms with Crippen LogP contribution in [0.2, 0.25) is 0 Å². The molecule has 1 aromatic carbocycles. The summed E-state index contributed by atoms with van der Waals surface area (Å²) in [4.78, 5) is 23.3. The zero-order chi connectivity index (χ0) is 15.0. The van der Waals surface area contributed by atoms with Gasteiger partial charge in [-0.05, 0) is 19.9 Å². The highest BCUT2D eigenvalue weighted by Gasteiger charge is 2.22. The van der Waals surface area contributed by atoms with Crippen LogP contribution >= 0.6 is 0 Å². The number of benzene rings is 1. The molecule has 1 heterocycles. The minimum Gasteiger partial charge on any atom is -0.458 e. The molecule has 0 aliphatic rings. The average Bonchev–Trinajstić information content (AvgIpc) is 2.67. The Morgan fingerprint density at radius 3 is 2.40 bits per heavy atom. The van der Waals surface area contributed by atoms with Gasteiger partial charge < -0.3 is 4.74 Å². The van der Waals surface area contributed by atoms with E-state index in [2.05, 4.69) is 5.10 Å². The summed E-state index contributed by atoms with van der Waals surface area (Å²) in [6.07, 6.45) is -0.398. The van der Waals surface area contributed by atoms with Crippen LogP contribution in [0.4, 0.5) is 8.78 Å². The highest BCUT2D eigenvalue weighted by molar-refractivity contribution is 6.04. The number of hydrogen-bond acceptors (Lipinski definition) is 4. The van der Waals surface area contributed by atoms with Crippen molar-refractivity contribution in [3.05, 3.63) is 29.5 Å². The first kappa shape index (κ1) is 14.1. The Kier molecular flexibility index (Phi) is 3.52. The van der Waals surface area contributed by atoms with Gasteiger partial charge in [0, 0.05) is 18.4 Å². The number of nitrogens with zero attached hydrogens (tertiary/aromatic N) is 2. The van der Waals surface area contributed by atoms with E-state index in [4.69, 9.17) is 4.74 Å². The second-order valence-corrected chi connectivity index (χ2v) is 4.52. The third-order valence-corrected chi connectivity index (χ3v) is 2.56. The number of ether oxygens (including phenoxy) is 1. The first-order valence-corrected chi connectivity index (χ1v) is 5.91. The van der Waals surface area contributed by atoms with Gasteiger partial charge in [0.1, 0.15) is 0 Å². The molecule has 0 fully saturated rings. The molecular weight excluding hydrogens is 270 g/mol. The molecule has 0 atom stereocenters. The van der Waals surface area contributed by atoms with Gasteiger partial charge in [0.05, 0.1) is 11.6 Å². The van der Waals surface area contributed by atoms with Gasteiger partial charge in [0.25, 0.3) is 0 Å². The molecule has 0 unspecified atom stereocenters. The van der Waals surface area contributed by atoms with Crippen LogP contribution in [-0.2, 0) is 4.74 Å². The van der Waals surface area contributed by atoms with Gasteiger partial charge in [-0.3, -0.25) is 4.79 Å². The van der Waals surface area contributed by atoms with Crippen LogP contribution < -0.4 is 0 Å². The molecule has 1 aromatic heterocycles. The Bertz CT molecular complexity index is 707. The van der Waals surface area contributed by atoms with Crippen molar-refractivity contribution < 1.29 is 23.1 Å². The van der Waals surface area contributed by atoms with Crippen molar-refractivity contribution in [2.45, 2.75) is 26.9 Å². The van der Waals surface area contributed by atoms with Crippen molar-refractivity contribution in [2.75, 3.05) is 0 Å². The Balaban J connectivity index is 2.69. The number of carbonyl (C=O) groups is 2. The van der Waals surface area contributed by atoms with E-state index in [0.29, 0.717) is 0 Å². The number of hydrogen-bond donors (Lipinski definition) is 0. The third-order valence-electron chi connectivity index (χ3n) is 2.56. The molecule has 0 saturated carbocycles. The summed E-state index contributed by atoms with van der Waals surface area (Å²) in [5, 5.41) is 3.82. The third kappa shape index (κ3) is 2.38. The van der Waals surface area contributed by atoms with Gasteiger partial charge >= 0.3 is 5.97 Å². The summed E-state index contributed by atoms with van der Waals surface area (Å²) in [5.41, 5.74) is -0.199. The van der Waals surface area contributed by atoms with Crippen molar-refractivity contribution in [3.63, 3.8) is 0 Å². The van der Waals surface area contributed by atoms with Crippen molar-refractivity contribution in [3.8, 4) is 0 Å². The molecule has 0 aliphatic heterocycles. The van der Waals surface area contributed by atoms with Crippen molar-refractivity contribution in [2.24, 2.45) is 0 Å². The highest BCUT2D eigenvalue weighted by atomic mass is 19.2. The maximum Gasteiger partial charge on any atom is 0.359 e. The Hall–Kier alpha value is -2.31. The summed E-state index contributed by atoms with van der Waals surface area (Å²) in [7, 11) is 0. The van der Waals surface area contributed by atoms with Crippen LogP contribution in [0, 0.1) is 11.6 Å². The van der Waals surface area contributed by atoms with Crippen LogP contribution in [0.5, 0.6) is 0 Å². The van der Waals surface area contributed by atoms with Gasteiger partial charge in [0.2, 0.25) is 5.91 Å². The van der Waals surface area contributed by atoms with E-state index < -0.39 is 29.6 Å². The molecule has 2 rings (SSSR count). The van der Waals surface area contributed by atoms with Crippen molar-refractivity contribution >= 4 is 22.8 Å². The Labute approximate surface area is 113 Å². The van der Waals surface area contributed by atoms with Crippen LogP contribution in [0.3, 0.4) is 0 Å². The molecule has 0 bridgehead atoms. The van der Waals surface area contributed by atoms with Gasteiger partial charge in [-0.1, -0.05) is 0 Å². The lowest BCUT2D eigenvalue weighted by atomic mass is 10.2. The van der Waals surface area contributed by atoms with E-state index in [1.54, 1.807) is 13.8 Å². The number of halogens is 2. The lowest BCUT2D eigenvalue weighted by Gasteiger charge is -2.05. The van der Waals surface area contributed by atoms with E-state index in [-0.39, 0.29) is 16.6 Å². The fourth-order valence-corrected chi connectivity index (χ4v) is 1.77. The number of rotatable bonds is 2. The predicted octanol–water partition coefficient (Wildman–Crippen LogP) is 2.54. The van der Waals surface area contributed by atoms with E-state index in [1.165, 1.54) is 6.92 Å². The van der Waals surface area contributed by atoms with E-state index in [9.17, 15) is 18.4 Å². The lowest BCUT2D eigenvalue weighted by molar-refractivity contribution is 0.0372. The molecule has 2 aromatic rings. The van der Waals surface area contributed by atoms with Crippen molar-refractivity contribution in [1.29, 1.82) is 0 Å². The zero-order valence-electron chi connectivity index (χ0n) is 11.1. The summed E-state index contributed by atoms with van der Waals surface area (Å²) in [6, 6.07) is 1.65. The number of aromatic nitrogens is 2. The monoisotopic (exact) mass is 282 g/mol. The van der Waals surface area contributed by atoms with Crippen LogP contribution in [0.25, 0.3) is 10.9 Å². The normalized spacial score (nSPS) is 11.1.